The monoisotopic (exact) mass is 321 g/mol. The Morgan fingerprint density at radius 3 is 2.87 bits per heavy atom. The molecule has 1 heterocycles. The van der Waals surface area contributed by atoms with Crippen molar-refractivity contribution in [3.8, 4) is 0 Å². The molecule has 0 aromatic carbocycles. The normalized spacial score (nSPS) is 19.9. The molecule has 0 saturated heterocycles. The van der Waals surface area contributed by atoms with Gasteiger partial charge >= 0.3 is 5.97 Å². The molecule has 0 spiro atoms. The lowest BCUT2D eigenvalue weighted by molar-refractivity contribution is -0.145. The van der Waals surface area contributed by atoms with Crippen LogP contribution >= 0.6 is 22.6 Å². The Labute approximate surface area is 101 Å². The summed E-state index contributed by atoms with van der Waals surface area (Å²) in [5, 5.41) is 13.2. The van der Waals surface area contributed by atoms with Crippen LogP contribution in [0.4, 0.5) is 0 Å². The Morgan fingerprint density at radius 1 is 1.80 bits per heavy atom. The van der Waals surface area contributed by atoms with Gasteiger partial charge in [0, 0.05) is 6.20 Å². The minimum Gasteiger partial charge on any atom is -0.480 e. The van der Waals surface area contributed by atoms with E-state index < -0.39 is 11.5 Å². The van der Waals surface area contributed by atoms with Gasteiger partial charge < -0.3 is 10.8 Å². The number of hydrogen-bond acceptors (Lipinski definition) is 3. The summed E-state index contributed by atoms with van der Waals surface area (Å²) in [4.78, 5) is 11.1. The van der Waals surface area contributed by atoms with E-state index in [1.54, 1.807) is 17.1 Å². The second kappa shape index (κ2) is 3.75. The first-order chi connectivity index (χ1) is 7.02. The van der Waals surface area contributed by atoms with Crippen molar-refractivity contribution in [2.75, 3.05) is 0 Å². The molecule has 2 rings (SSSR count). The molecule has 5 nitrogen and oxygen atoms in total. The topological polar surface area (TPSA) is 81.1 Å². The lowest BCUT2D eigenvalue weighted by Gasteiger charge is -2.24. The fourth-order valence-electron chi connectivity index (χ4n) is 1.66. The smallest absolute Gasteiger partial charge is 0.325 e. The van der Waals surface area contributed by atoms with Crippen LogP contribution in [0.2, 0.25) is 0 Å². The van der Waals surface area contributed by atoms with E-state index in [4.69, 9.17) is 10.8 Å². The van der Waals surface area contributed by atoms with Gasteiger partial charge in [-0.3, -0.25) is 9.48 Å². The van der Waals surface area contributed by atoms with Crippen LogP contribution in [0.25, 0.3) is 0 Å². The van der Waals surface area contributed by atoms with Crippen LogP contribution in [-0.2, 0) is 11.3 Å². The van der Waals surface area contributed by atoms with Crippen molar-refractivity contribution < 1.29 is 9.90 Å². The second-order valence-electron chi connectivity index (χ2n) is 3.98. The standard InChI is InChI=1S/C9H12IN3O2/c10-7-3-12-13(4-7)5-9(11,8(14)15)6-1-2-6/h3-4,6H,1-2,5,11H2,(H,14,15). The van der Waals surface area contributed by atoms with Gasteiger partial charge in [-0.2, -0.15) is 5.10 Å². The largest absolute Gasteiger partial charge is 0.480 e. The molecule has 0 bridgehead atoms. The quantitative estimate of drug-likeness (QED) is 0.799. The number of carboxylic acids is 1. The zero-order valence-corrected chi connectivity index (χ0v) is 10.2. The van der Waals surface area contributed by atoms with Gasteiger partial charge in [-0.25, -0.2) is 0 Å². The summed E-state index contributed by atoms with van der Waals surface area (Å²) in [6.07, 6.45) is 5.30. The van der Waals surface area contributed by atoms with Crippen molar-refractivity contribution in [2.24, 2.45) is 11.7 Å². The Bertz CT molecular complexity index is 388. The number of hydrogen-bond donors (Lipinski definition) is 2. The van der Waals surface area contributed by atoms with Crippen LogP contribution in [0.15, 0.2) is 12.4 Å². The summed E-state index contributed by atoms with van der Waals surface area (Å²) in [7, 11) is 0. The van der Waals surface area contributed by atoms with Crippen molar-refractivity contribution >= 4 is 28.6 Å². The third kappa shape index (κ3) is 2.15. The van der Waals surface area contributed by atoms with E-state index in [2.05, 4.69) is 27.7 Å². The summed E-state index contributed by atoms with van der Waals surface area (Å²) in [6, 6.07) is 0. The highest BCUT2D eigenvalue weighted by molar-refractivity contribution is 14.1. The van der Waals surface area contributed by atoms with Crippen molar-refractivity contribution in [2.45, 2.75) is 24.9 Å². The molecule has 6 heteroatoms. The van der Waals surface area contributed by atoms with Gasteiger partial charge in [0.1, 0.15) is 5.54 Å². The Morgan fingerprint density at radius 2 is 2.47 bits per heavy atom. The second-order valence-corrected chi connectivity index (χ2v) is 5.22. The minimum absolute atomic E-state index is 0.0943. The third-order valence-electron chi connectivity index (χ3n) is 2.73. The van der Waals surface area contributed by atoms with Gasteiger partial charge in [-0.1, -0.05) is 0 Å². The first-order valence-corrected chi connectivity index (χ1v) is 5.80. The van der Waals surface area contributed by atoms with Crippen molar-refractivity contribution in [3.63, 3.8) is 0 Å². The maximum atomic E-state index is 11.1. The van der Waals surface area contributed by atoms with E-state index in [1.807, 2.05) is 0 Å². The molecule has 15 heavy (non-hydrogen) atoms. The van der Waals surface area contributed by atoms with Crippen LogP contribution in [0.3, 0.4) is 0 Å². The van der Waals surface area contributed by atoms with Crippen LogP contribution < -0.4 is 5.73 Å². The number of carboxylic acid groups (broad SMARTS) is 1. The van der Waals surface area contributed by atoms with Gasteiger partial charge in [0.25, 0.3) is 0 Å². The lowest BCUT2D eigenvalue weighted by Crippen LogP contribution is -2.53. The molecule has 82 valence electrons. The zero-order chi connectivity index (χ0) is 11.1. The number of nitrogens with zero attached hydrogens (tertiary/aromatic N) is 2. The van der Waals surface area contributed by atoms with Crippen molar-refractivity contribution in [1.82, 2.24) is 9.78 Å². The van der Waals surface area contributed by atoms with E-state index in [0.29, 0.717) is 0 Å². The molecule has 1 aromatic rings. The number of aromatic nitrogens is 2. The molecule has 3 N–H and O–H groups in total. The molecular formula is C9H12IN3O2. The van der Waals surface area contributed by atoms with Gasteiger partial charge in [-0.15, -0.1) is 0 Å². The molecular weight excluding hydrogens is 309 g/mol. The number of carbonyl (C=O) groups is 1. The van der Waals surface area contributed by atoms with E-state index in [9.17, 15) is 4.79 Å². The highest BCUT2D eigenvalue weighted by Gasteiger charge is 2.48. The van der Waals surface area contributed by atoms with Crippen molar-refractivity contribution in [1.29, 1.82) is 0 Å². The fraction of sp³-hybridized carbons (Fsp3) is 0.556. The molecule has 0 radical (unpaired) electrons. The summed E-state index contributed by atoms with van der Waals surface area (Å²) in [6.45, 7) is 0.246. The average Bonchev–Trinajstić information content (AvgIpc) is 2.92. The molecule has 1 unspecified atom stereocenters. The summed E-state index contributed by atoms with van der Waals surface area (Å²) in [5.74, 6) is -0.840. The Hall–Kier alpha value is -0.630. The van der Waals surface area contributed by atoms with Crippen LogP contribution in [0, 0.1) is 9.49 Å². The van der Waals surface area contributed by atoms with E-state index >= 15 is 0 Å². The molecule has 1 atom stereocenters. The van der Waals surface area contributed by atoms with E-state index in [1.165, 1.54) is 0 Å². The Kier molecular flexibility index (Phi) is 2.72. The van der Waals surface area contributed by atoms with Crippen LogP contribution in [0.5, 0.6) is 0 Å². The average molecular weight is 321 g/mol. The first-order valence-electron chi connectivity index (χ1n) is 4.72. The van der Waals surface area contributed by atoms with Crippen LogP contribution in [-0.4, -0.2) is 26.4 Å². The van der Waals surface area contributed by atoms with Gasteiger partial charge in [-0.05, 0) is 41.4 Å². The first kappa shape index (κ1) is 10.9. The van der Waals surface area contributed by atoms with E-state index in [-0.39, 0.29) is 12.5 Å². The maximum absolute atomic E-state index is 11.1. The molecule has 1 aliphatic rings. The molecule has 1 fully saturated rings. The predicted molar refractivity (Wildman–Crippen MR) is 62.2 cm³/mol. The van der Waals surface area contributed by atoms with Crippen LogP contribution in [0.1, 0.15) is 12.8 Å². The van der Waals surface area contributed by atoms with Gasteiger partial charge in [0.05, 0.1) is 16.3 Å². The van der Waals surface area contributed by atoms with Gasteiger partial charge in [0.15, 0.2) is 0 Å². The molecule has 0 amide bonds. The molecule has 1 saturated carbocycles. The van der Waals surface area contributed by atoms with Gasteiger partial charge in [0.2, 0.25) is 0 Å². The third-order valence-corrected chi connectivity index (χ3v) is 3.29. The number of nitrogens with two attached hydrogens (primary N) is 1. The fourth-order valence-corrected chi connectivity index (χ4v) is 2.11. The minimum atomic E-state index is -1.16. The van der Waals surface area contributed by atoms with E-state index in [0.717, 1.165) is 16.4 Å². The lowest BCUT2D eigenvalue weighted by atomic mass is 9.95. The molecule has 1 aromatic heterocycles. The molecule has 1 aliphatic carbocycles. The summed E-state index contributed by atoms with van der Waals surface area (Å²) in [5.41, 5.74) is 4.77. The number of halogens is 1. The number of aliphatic carboxylic acids is 1. The Balaban J connectivity index is 2.16. The predicted octanol–water partition coefficient (Wildman–Crippen LogP) is 0.680. The highest BCUT2D eigenvalue weighted by Crippen LogP contribution is 2.39. The zero-order valence-electron chi connectivity index (χ0n) is 8.06. The summed E-state index contributed by atoms with van der Waals surface area (Å²) >= 11 is 2.13. The van der Waals surface area contributed by atoms with Crippen molar-refractivity contribution in [3.05, 3.63) is 16.0 Å². The SMILES string of the molecule is NC(Cn1cc(I)cn1)(C(=O)O)C1CC1. The highest BCUT2D eigenvalue weighted by atomic mass is 127. The summed E-state index contributed by atoms with van der Waals surface area (Å²) < 4.78 is 2.59. The number of rotatable bonds is 4. The maximum Gasteiger partial charge on any atom is 0.325 e. The molecule has 0 aliphatic heterocycles.